The van der Waals surface area contributed by atoms with Crippen LogP contribution in [-0.2, 0) is 0 Å². The molecule has 2 heterocycles. The predicted molar refractivity (Wildman–Crippen MR) is 79.7 cm³/mol. The Morgan fingerprint density at radius 2 is 1.95 bits per heavy atom. The Labute approximate surface area is 119 Å². The average molecular weight is 314 g/mol. The standard InChI is InChI=1S/C15H12BrN3/c16-13-6-12(8-18-9-13)15(17)11-4-3-10-2-1-5-19-14(10)7-11/h1-9,15H,17H2. The van der Waals surface area contributed by atoms with Gasteiger partial charge in [0.15, 0.2) is 0 Å². The van der Waals surface area contributed by atoms with Gasteiger partial charge in [-0.25, -0.2) is 0 Å². The Morgan fingerprint density at radius 1 is 1.05 bits per heavy atom. The minimum Gasteiger partial charge on any atom is -0.320 e. The van der Waals surface area contributed by atoms with Crippen molar-refractivity contribution in [1.82, 2.24) is 9.97 Å². The number of halogens is 1. The molecule has 1 unspecified atom stereocenters. The van der Waals surface area contributed by atoms with Crippen molar-refractivity contribution in [3.63, 3.8) is 0 Å². The lowest BCUT2D eigenvalue weighted by molar-refractivity contribution is 0.863. The summed E-state index contributed by atoms with van der Waals surface area (Å²) >= 11 is 3.41. The molecule has 0 radical (unpaired) electrons. The Morgan fingerprint density at radius 3 is 2.79 bits per heavy atom. The lowest BCUT2D eigenvalue weighted by atomic mass is 10.00. The van der Waals surface area contributed by atoms with Crippen LogP contribution < -0.4 is 5.73 Å². The molecule has 0 aliphatic carbocycles. The third-order valence-electron chi connectivity index (χ3n) is 3.07. The summed E-state index contributed by atoms with van der Waals surface area (Å²) in [5.74, 6) is 0. The van der Waals surface area contributed by atoms with Gasteiger partial charge in [0.25, 0.3) is 0 Å². The Kier molecular flexibility index (Phi) is 3.27. The summed E-state index contributed by atoms with van der Waals surface area (Å²) in [7, 11) is 0. The molecule has 19 heavy (non-hydrogen) atoms. The lowest BCUT2D eigenvalue weighted by Gasteiger charge is -2.13. The topological polar surface area (TPSA) is 51.8 Å². The fourth-order valence-corrected chi connectivity index (χ4v) is 2.45. The van der Waals surface area contributed by atoms with Crippen molar-refractivity contribution in [2.45, 2.75) is 6.04 Å². The van der Waals surface area contributed by atoms with Crippen LogP contribution in [0.2, 0.25) is 0 Å². The summed E-state index contributed by atoms with van der Waals surface area (Å²) in [4.78, 5) is 8.51. The van der Waals surface area contributed by atoms with Gasteiger partial charge in [-0.15, -0.1) is 0 Å². The first-order valence-electron chi connectivity index (χ1n) is 5.95. The van der Waals surface area contributed by atoms with Gasteiger partial charge in [-0.2, -0.15) is 0 Å². The number of rotatable bonds is 2. The van der Waals surface area contributed by atoms with Crippen molar-refractivity contribution in [3.8, 4) is 0 Å². The number of nitrogens with zero attached hydrogens (tertiary/aromatic N) is 2. The molecule has 0 saturated heterocycles. The first-order chi connectivity index (χ1) is 9.24. The van der Waals surface area contributed by atoms with E-state index in [2.05, 4.69) is 25.9 Å². The molecule has 3 rings (SSSR count). The molecule has 4 heteroatoms. The zero-order chi connectivity index (χ0) is 13.2. The number of aromatic nitrogens is 2. The molecule has 2 N–H and O–H groups in total. The van der Waals surface area contributed by atoms with Crippen LogP contribution in [0.15, 0.2) is 59.5 Å². The van der Waals surface area contributed by atoms with E-state index in [1.54, 1.807) is 18.6 Å². The maximum absolute atomic E-state index is 6.29. The second-order valence-corrected chi connectivity index (χ2v) is 5.29. The molecule has 0 spiro atoms. The van der Waals surface area contributed by atoms with E-state index in [1.807, 2.05) is 36.4 Å². The second-order valence-electron chi connectivity index (χ2n) is 4.37. The molecule has 0 aliphatic rings. The van der Waals surface area contributed by atoms with Gasteiger partial charge in [0.1, 0.15) is 0 Å². The number of fused-ring (bicyclic) bond motifs is 1. The van der Waals surface area contributed by atoms with Gasteiger partial charge >= 0.3 is 0 Å². The van der Waals surface area contributed by atoms with Crippen LogP contribution in [0.3, 0.4) is 0 Å². The Hall–Kier alpha value is -1.78. The van der Waals surface area contributed by atoms with Crippen molar-refractivity contribution in [2.75, 3.05) is 0 Å². The van der Waals surface area contributed by atoms with Crippen LogP contribution in [0.4, 0.5) is 0 Å². The minimum atomic E-state index is -0.198. The number of benzene rings is 1. The van der Waals surface area contributed by atoms with Crippen LogP contribution in [0.1, 0.15) is 17.2 Å². The second kappa shape index (κ2) is 5.07. The van der Waals surface area contributed by atoms with E-state index in [-0.39, 0.29) is 6.04 Å². The molecule has 2 aromatic heterocycles. The summed E-state index contributed by atoms with van der Waals surface area (Å²) in [6.07, 6.45) is 5.33. The summed E-state index contributed by atoms with van der Waals surface area (Å²) in [6.45, 7) is 0. The highest BCUT2D eigenvalue weighted by Gasteiger charge is 2.10. The normalized spacial score (nSPS) is 12.5. The Balaban J connectivity index is 2.04. The van der Waals surface area contributed by atoms with Crippen molar-refractivity contribution in [3.05, 3.63) is 70.6 Å². The monoisotopic (exact) mass is 313 g/mol. The van der Waals surface area contributed by atoms with Gasteiger partial charge in [-0.1, -0.05) is 18.2 Å². The SMILES string of the molecule is NC(c1cncc(Br)c1)c1ccc2cccnc2c1. The number of hydrogen-bond acceptors (Lipinski definition) is 3. The van der Waals surface area contributed by atoms with E-state index in [0.717, 1.165) is 26.5 Å². The average Bonchev–Trinajstić information content (AvgIpc) is 2.46. The number of hydrogen-bond donors (Lipinski definition) is 1. The third kappa shape index (κ3) is 2.50. The Bertz CT molecular complexity index is 727. The highest BCUT2D eigenvalue weighted by Crippen LogP contribution is 2.24. The first kappa shape index (κ1) is 12.3. The zero-order valence-electron chi connectivity index (χ0n) is 10.1. The quantitative estimate of drug-likeness (QED) is 0.788. The molecule has 0 aliphatic heterocycles. The zero-order valence-corrected chi connectivity index (χ0v) is 11.7. The molecule has 0 amide bonds. The van der Waals surface area contributed by atoms with Gasteiger partial charge in [0.05, 0.1) is 11.6 Å². The summed E-state index contributed by atoms with van der Waals surface area (Å²) in [5, 5.41) is 1.12. The van der Waals surface area contributed by atoms with Crippen LogP contribution >= 0.6 is 15.9 Å². The molecular weight excluding hydrogens is 302 g/mol. The molecule has 0 bridgehead atoms. The maximum Gasteiger partial charge on any atom is 0.0705 e. The highest BCUT2D eigenvalue weighted by molar-refractivity contribution is 9.10. The van der Waals surface area contributed by atoms with E-state index in [1.165, 1.54) is 0 Å². The van der Waals surface area contributed by atoms with Gasteiger partial charge < -0.3 is 5.73 Å². The summed E-state index contributed by atoms with van der Waals surface area (Å²) in [5.41, 5.74) is 9.25. The van der Waals surface area contributed by atoms with Crippen molar-refractivity contribution in [2.24, 2.45) is 5.73 Å². The van der Waals surface area contributed by atoms with Crippen molar-refractivity contribution < 1.29 is 0 Å². The largest absolute Gasteiger partial charge is 0.320 e. The number of pyridine rings is 2. The highest BCUT2D eigenvalue weighted by atomic mass is 79.9. The molecule has 94 valence electrons. The van der Waals surface area contributed by atoms with Gasteiger partial charge in [-0.3, -0.25) is 9.97 Å². The molecule has 3 aromatic rings. The summed E-state index contributed by atoms with van der Waals surface area (Å²) in [6, 6.07) is 11.9. The first-order valence-corrected chi connectivity index (χ1v) is 6.74. The van der Waals surface area contributed by atoms with E-state index in [9.17, 15) is 0 Å². The molecular formula is C15H12BrN3. The fourth-order valence-electron chi connectivity index (χ4n) is 2.07. The minimum absolute atomic E-state index is 0.198. The lowest BCUT2D eigenvalue weighted by Crippen LogP contribution is -2.12. The van der Waals surface area contributed by atoms with Crippen LogP contribution in [-0.4, -0.2) is 9.97 Å². The molecule has 3 nitrogen and oxygen atoms in total. The smallest absolute Gasteiger partial charge is 0.0705 e. The third-order valence-corrected chi connectivity index (χ3v) is 3.51. The van der Waals surface area contributed by atoms with Gasteiger partial charge in [0.2, 0.25) is 0 Å². The van der Waals surface area contributed by atoms with Crippen molar-refractivity contribution in [1.29, 1.82) is 0 Å². The van der Waals surface area contributed by atoms with Gasteiger partial charge in [0, 0.05) is 28.4 Å². The summed E-state index contributed by atoms with van der Waals surface area (Å²) < 4.78 is 0.930. The van der Waals surface area contributed by atoms with Crippen LogP contribution in [0, 0.1) is 0 Å². The molecule has 0 saturated carbocycles. The van der Waals surface area contributed by atoms with Gasteiger partial charge in [-0.05, 0) is 45.3 Å². The van der Waals surface area contributed by atoms with E-state index in [0.29, 0.717) is 0 Å². The number of nitrogens with two attached hydrogens (primary N) is 1. The fraction of sp³-hybridized carbons (Fsp3) is 0.0667. The van der Waals surface area contributed by atoms with Crippen molar-refractivity contribution >= 4 is 26.8 Å². The molecule has 1 atom stereocenters. The van der Waals surface area contributed by atoms with E-state index in [4.69, 9.17) is 5.73 Å². The predicted octanol–water partition coefficient (Wildman–Crippen LogP) is 3.44. The van der Waals surface area contributed by atoms with Crippen LogP contribution in [0.25, 0.3) is 10.9 Å². The van der Waals surface area contributed by atoms with Crippen LogP contribution in [0.5, 0.6) is 0 Å². The maximum atomic E-state index is 6.29. The molecule has 1 aromatic carbocycles. The van der Waals surface area contributed by atoms with E-state index >= 15 is 0 Å². The van der Waals surface area contributed by atoms with E-state index < -0.39 is 0 Å². The molecule has 0 fully saturated rings.